The summed E-state index contributed by atoms with van der Waals surface area (Å²) < 4.78 is 6.79. The molecule has 1 aliphatic rings. The van der Waals surface area contributed by atoms with Crippen molar-refractivity contribution in [3.8, 4) is 0 Å². The molecular weight excluding hydrogens is 282 g/mol. The van der Waals surface area contributed by atoms with Gasteiger partial charge in [-0.05, 0) is 24.3 Å². The maximum Gasteiger partial charge on any atom is 0.411 e. The van der Waals surface area contributed by atoms with Gasteiger partial charge in [-0.25, -0.2) is 9.48 Å². The highest BCUT2D eigenvalue weighted by Gasteiger charge is 2.34. The SMILES string of the molecule is O=C1OCCN1C(c1ccccn1)n1nnc2ccccc21. The topological polar surface area (TPSA) is 73.1 Å². The summed E-state index contributed by atoms with van der Waals surface area (Å²) in [6, 6.07) is 13.2. The molecule has 22 heavy (non-hydrogen) atoms. The summed E-state index contributed by atoms with van der Waals surface area (Å²) in [5, 5.41) is 8.40. The molecule has 2 aromatic heterocycles. The van der Waals surface area contributed by atoms with E-state index in [0.717, 1.165) is 16.7 Å². The first-order valence-corrected chi connectivity index (χ1v) is 6.99. The van der Waals surface area contributed by atoms with Crippen LogP contribution in [-0.4, -0.2) is 44.1 Å². The van der Waals surface area contributed by atoms with Gasteiger partial charge in [-0.15, -0.1) is 5.10 Å². The Morgan fingerprint density at radius 1 is 1.14 bits per heavy atom. The molecule has 1 unspecified atom stereocenters. The predicted octanol–water partition coefficient (Wildman–Crippen LogP) is 1.83. The van der Waals surface area contributed by atoms with Gasteiger partial charge >= 0.3 is 6.09 Å². The Hall–Kier alpha value is -2.96. The van der Waals surface area contributed by atoms with Crippen molar-refractivity contribution >= 4 is 17.1 Å². The average Bonchev–Trinajstić information content (AvgIpc) is 3.17. The molecule has 0 aliphatic carbocycles. The van der Waals surface area contributed by atoms with E-state index in [1.54, 1.807) is 15.8 Å². The third kappa shape index (κ3) is 1.98. The van der Waals surface area contributed by atoms with Crippen LogP contribution in [-0.2, 0) is 4.74 Å². The Balaban J connectivity index is 1.89. The fraction of sp³-hybridized carbons (Fsp3) is 0.200. The molecule has 3 aromatic rings. The van der Waals surface area contributed by atoms with Crippen LogP contribution in [0, 0.1) is 0 Å². The van der Waals surface area contributed by atoms with Crippen molar-refractivity contribution < 1.29 is 9.53 Å². The maximum absolute atomic E-state index is 12.0. The van der Waals surface area contributed by atoms with Crippen LogP contribution in [0.3, 0.4) is 0 Å². The lowest BCUT2D eigenvalue weighted by Gasteiger charge is -2.25. The Morgan fingerprint density at radius 2 is 2.00 bits per heavy atom. The van der Waals surface area contributed by atoms with Gasteiger partial charge in [0.15, 0.2) is 6.17 Å². The summed E-state index contributed by atoms with van der Waals surface area (Å²) in [6.45, 7) is 0.864. The number of nitrogens with zero attached hydrogens (tertiary/aromatic N) is 5. The minimum atomic E-state index is -0.469. The fourth-order valence-electron chi connectivity index (χ4n) is 2.64. The average molecular weight is 295 g/mol. The lowest BCUT2D eigenvalue weighted by Crippen LogP contribution is -2.35. The predicted molar refractivity (Wildman–Crippen MR) is 78.0 cm³/mol. The summed E-state index contributed by atoms with van der Waals surface area (Å²) in [5.41, 5.74) is 2.34. The monoisotopic (exact) mass is 295 g/mol. The highest BCUT2D eigenvalue weighted by Crippen LogP contribution is 2.26. The number of amides is 1. The number of carbonyl (C=O) groups is 1. The van der Waals surface area contributed by atoms with Crippen LogP contribution in [0.1, 0.15) is 11.9 Å². The van der Waals surface area contributed by atoms with Gasteiger partial charge in [0.1, 0.15) is 12.1 Å². The molecule has 4 rings (SSSR count). The molecule has 0 bridgehead atoms. The molecule has 0 saturated carbocycles. The van der Waals surface area contributed by atoms with Crippen LogP contribution in [0.5, 0.6) is 0 Å². The van der Waals surface area contributed by atoms with Gasteiger partial charge in [0.05, 0.1) is 17.8 Å². The van der Waals surface area contributed by atoms with E-state index < -0.39 is 6.17 Å². The van der Waals surface area contributed by atoms with E-state index in [9.17, 15) is 4.79 Å². The number of benzene rings is 1. The minimum Gasteiger partial charge on any atom is -0.447 e. The van der Waals surface area contributed by atoms with Crippen LogP contribution < -0.4 is 0 Å². The van der Waals surface area contributed by atoms with Crippen molar-refractivity contribution in [2.45, 2.75) is 6.17 Å². The summed E-state index contributed by atoms with van der Waals surface area (Å²) in [6.07, 6.45) is 0.863. The number of hydrogen-bond donors (Lipinski definition) is 0. The number of para-hydroxylation sites is 1. The van der Waals surface area contributed by atoms with Gasteiger partial charge in [0.2, 0.25) is 0 Å². The first kappa shape index (κ1) is 12.8. The Morgan fingerprint density at radius 3 is 2.77 bits per heavy atom. The number of fused-ring (bicyclic) bond motifs is 1. The summed E-state index contributed by atoms with van der Waals surface area (Å²) in [4.78, 5) is 18.0. The first-order chi connectivity index (χ1) is 10.8. The van der Waals surface area contributed by atoms with E-state index in [0.29, 0.717) is 13.2 Å². The van der Waals surface area contributed by atoms with Crippen LogP contribution in [0.25, 0.3) is 11.0 Å². The molecule has 1 aromatic carbocycles. The standard InChI is InChI=1S/C15H13N5O2/c21-15-19(9-10-22-15)14(12-6-3-4-8-16-12)20-13-7-2-1-5-11(13)17-18-20/h1-8,14H,9-10H2. The van der Waals surface area contributed by atoms with Gasteiger partial charge in [-0.2, -0.15) is 0 Å². The largest absolute Gasteiger partial charge is 0.447 e. The van der Waals surface area contributed by atoms with E-state index in [2.05, 4.69) is 15.3 Å². The van der Waals surface area contributed by atoms with Gasteiger partial charge in [0, 0.05) is 6.20 Å². The number of ether oxygens (including phenoxy) is 1. The van der Waals surface area contributed by atoms with Crippen molar-refractivity contribution in [1.82, 2.24) is 24.9 Å². The Bertz CT molecular complexity index is 817. The summed E-state index contributed by atoms with van der Waals surface area (Å²) >= 11 is 0. The number of hydrogen-bond acceptors (Lipinski definition) is 5. The van der Waals surface area contributed by atoms with Crippen LogP contribution >= 0.6 is 0 Å². The molecule has 0 radical (unpaired) electrons. The molecular formula is C15H13N5O2. The van der Waals surface area contributed by atoms with Gasteiger partial charge in [-0.3, -0.25) is 9.88 Å². The number of carbonyl (C=O) groups excluding carboxylic acids is 1. The van der Waals surface area contributed by atoms with E-state index in [1.807, 2.05) is 42.5 Å². The summed E-state index contributed by atoms with van der Waals surface area (Å²) in [5.74, 6) is 0. The van der Waals surface area contributed by atoms with Crippen molar-refractivity contribution in [2.24, 2.45) is 0 Å². The zero-order valence-corrected chi connectivity index (χ0v) is 11.7. The lowest BCUT2D eigenvalue weighted by atomic mass is 10.2. The lowest BCUT2D eigenvalue weighted by molar-refractivity contribution is 0.139. The highest BCUT2D eigenvalue weighted by molar-refractivity contribution is 5.75. The second kappa shape index (κ2) is 5.10. The molecule has 1 fully saturated rings. The van der Waals surface area contributed by atoms with E-state index in [4.69, 9.17) is 4.74 Å². The number of rotatable bonds is 3. The van der Waals surface area contributed by atoms with Crippen molar-refractivity contribution in [1.29, 1.82) is 0 Å². The van der Waals surface area contributed by atoms with Crippen molar-refractivity contribution in [3.05, 3.63) is 54.4 Å². The van der Waals surface area contributed by atoms with E-state index in [1.165, 1.54) is 0 Å². The zero-order chi connectivity index (χ0) is 14.9. The second-order valence-electron chi connectivity index (χ2n) is 4.96. The van der Waals surface area contributed by atoms with Crippen molar-refractivity contribution in [3.63, 3.8) is 0 Å². The molecule has 0 N–H and O–H groups in total. The van der Waals surface area contributed by atoms with E-state index in [-0.39, 0.29) is 6.09 Å². The van der Waals surface area contributed by atoms with Gasteiger partial charge < -0.3 is 4.74 Å². The quantitative estimate of drug-likeness (QED) is 0.737. The molecule has 7 nitrogen and oxygen atoms in total. The second-order valence-corrected chi connectivity index (χ2v) is 4.96. The molecule has 1 amide bonds. The first-order valence-electron chi connectivity index (χ1n) is 6.99. The van der Waals surface area contributed by atoms with Crippen molar-refractivity contribution in [2.75, 3.05) is 13.2 Å². The third-order valence-corrected chi connectivity index (χ3v) is 3.65. The van der Waals surface area contributed by atoms with E-state index >= 15 is 0 Å². The fourth-order valence-corrected chi connectivity index (χ4v) is 2.64. The summed E-state index contributed by atoms with van der Waals surface area (Å²) in [7, 11) is 0. The molecule has 3 heterocycles. The zero-order valence-electron chi connectivity index (χ0n) is 11.7. The van der Waals surface area contributed by atoms with Gasteiger partial charge in [0.25, 0.3) is 0 Å². The Kier molecular flexibility index (Phi) is 2.96. The van der Waals surface area contributed by atoms with Crippen LogP contribution in [0.15, 0.2) is 48.7 Å². The normalized spacial score (nSPS) is 16.0. The molecule has 110 valence electrons. The third-order valence-electron chi connectivity index (χ3n) is 3.65. The molecule has 7 heteroatoms. The molecule has 1 atom stereocenters. The number of aromatic nitrogens is 4. The number of pyridine rings is 1. The Labute approximate surface area is 126 Å². The minimum absolute atomic E-state index is 0.366. The maximum atomic E-state index is 12.0. The van der Waals surface area contributed by atoms with Crippen LogP contribution in [0.2, 0.25) is 0 Å². The number of cyclic esters (lactones) is 1. The molecule has 0 spiro atoms. The highest BCUT2D eigenvalue weighted by atomic mass is 16.6. The smallest absolute Gasteiger partial charge is 0.411 e. The molecule has 1 aliphatic heterocycles. The van der Waals surface area contributed by atoms with Gasteiger partial charge in [-0.1, -0.05) is 23.4 Å². The van der Waals surface area contributed by atoms with Crippen LogP contribution in [0.4, 0.5) is 4.79 Å². The molecule has 1 saturated heterocycles.